The summed E-state index contributed by atoms with van der Waals surface area (Å²) in [6, 6.07) is 10.1. The van der Waals surface area contributed by atoms with Gasteiger partial charge in [-0.15, -0.1) is 10.2 Å². The van der Waals surface area contributed by atoms with Crippen molar-refractivity contribution in [3.63, 3.8) is 0 Å². The number of aryl methyl sites for hydroxylation is 2. The molecule has 0 spiro atoms. The fourth-order valence-electron chi connectivity index (χ4n) is 4.59. The second-order valence-electron chi connectivity index (χ2n) is 9.05. The molecule has 1 unspecified atom stereocenters. The quantitative estimate of drug-likeness (QED) is 0.256. The summed E-state index contributed by atoms with van der Waals surface area (Å²) in [5, 5.41) is 10.1. The molecule has 2 aromatic carbocycles. The third-order valence-corrected chi connectivity index (χ3v) is 7.57. The van der Waals surface area contributed by atoms with E-state index in [1.54, 1.807) is 19.2 Å². The SMILES string of the molecule is CCCCCOc1ccc(C2c3c(oc4ccc(C)cc4c3=O)C(=O)N2c2nnc(CC)s2)cc1OC. The lowest BCUT2D eigenvalue weighted by Gasteiger charge is -2.23. The van der Waals surface area contributed by atoms with Crippen LogP contribution < -0.4 is 19.8 Å². The van der Waals surface area contributed by atoms with Crippen molar-refractivity contribution in [3.8, 4) is 11.5 Å². The van der Waals surface area contributed by atoms with Crippen LogP contribution >= 0.6 is 11.3 Å². The lowest BCUT2D eigenvalue weighted by molar-refractivity contribution is 0.0970. The minimum atomic E-state index is -0.746. The fraction of sp³-hybridized carbons (Fsp3) is 0.357. The van der Waals surface area contributed by atoms with Crippen LogP contribution in [0.3, 0.4) is 0 Å². The summed E-state index contributed by atoms with van der Waals surface area (Å²) in [5.41, 5.74) is 2.05. The highest BCUT2D eigenvalue weighted by atomic mass is 32.1. The smallest absolute Gasteiger partial charge is 0.297 e. The van der Waals surface area contributed by atoms with E-state index in [2.05, 4.69) is 17.1 Å². The van der Waals surface area contributed by atoms with Gasteiger partial charge in [0, 0.05) is 0 Å². The van der Waals surface area contributed by atoms with Crippen molar-refractivity contribution >= 4 is 33.3 Å². The van der Waals surface area contributed by atoms with Crippen LogP contribution in [0.1, 0.15) is 71.4 Å². The number of aromatic nitrogens is 2. The Morgan fingerprint density at radius 2 is 1.89 bits per heavy atom. The summed E-state index contributed by atoms with van der Waals surface area (Å²) < 4.78 is 17.7. The molecule has 1 aliphatic rings. The third kappa shape index (κ3) is 4.48. The molecule has 4 aromatic rings. The number of ether oxygens (including phenoxy) is 2. The summed E-state index contributed by atoms with van der Waals surface area (Å²) in [6.45, 7) is 6.62. The Hall–Kier alpha value is -3.72. The molecule has 0 aliphatic carbocycles. The highest BCUT2D eigenvalue weighted by Crippen LogP contribution is 2.44. The van der Waals surface area contributed by atoms with Crippen molar-refractivity contribution in [1.29, 1.82) is 0 Å². The number of hydrogen-bond donors (Lipinski definition) is 0. The number of nitrogens with zero attached hydrogens (tertiary/aromatic N) is 3. The Morgan fingerprint density at radius 3 is 2.62 bits per heavy atom. The van der Waals surface area contributed by atoms with Gasteiger partial charge in [0.05, 0.1) is 30.7 Å². The number of unbranched alkanes of at least 4 members (excludes halogenated alkanes) is 2. The van der Waals surface area contributed by atoms with E-state index in [4.69, 9.17) is 13.9 Å². The van der Waals surface area contributed by atoms with Gasteiger partial charge in [0.15, 0.2) is 16.9 Å². The van der Waals surface area contributed by atoms with E-state index in [0.29, 0.717) is 46.2 Å². The maximum atomic E-state index is 13.8. The molecule has 3 heterocycles. The van der Waals surface area contributed by atoms with Gasteiger partial charge in [0.25, 0.3) is 5.91 Å². The fourth-order valence-corrected chi connectivity index (χ4v) is 5.40. The van der Waals surface area contributed by atoms with Gasteiger partial charge in [-0.2, -0.15) is 0 Å². The van der Waals surface area contributed by atoms with Gasteiger partial charge in [-0.05, 0) is 49.6 Å². The van der Waals surface area contributed by atoms with Crippen LogP contribution in [0.15, 0.2) is 45.6 Å². The first-order valence-corrected chi connectivity index (χ1v) is 13.3. The Morgan fingerprint density at radius 1 is 1.05 bits per heavy atom. The number of fused-ring (bicyclic) bond motifs is 2. The molecule has 0 saturated carbocycles. The van der Waals surface area contributed by atoms with Crippen molar-refractivity contribution in [2.75, 3.05) is 18.6 Å². The molecular formula is C28H29N3O5S. The van der Waals surface area contributed by atoms with E-state index in [9.17, 15) is 9.59 Å². The van der Waals surface area contributed by atoms with Gasteiger partial charge in [0.2, 0.25) is 10.9 Å². The highest BCUT2D eigenvalue weighted by molar-refractivity contribution is 7.15. The molecule has 9 heteroatoms. The van der Waals surface area contributed by atoms with Crippen molar-refractivity contribution in [2.45, 2.75) is 52.5 Å². The first-order chi connectivity index (χ1) is 18.0. The molecule has 1 aliphatic heterocycles. The summed E-state index contributed by atoms with van der Waals surface area (Å²) in [7, 11) is 1.58. The summed E-state index contributed by atoms with van der Waals surface area (Å²) in [6.07, 6.45) is 3.83. The molecule has 192 valence electrons. The predicted octanol–water partition coefficient (Wildman–Crippen LogP) is 5.84. The maximum Gasteiger partial charge on any atom is 0.297 e. The van der Waals surface area contributed by atoms with Gasteiger partial charge in [-0.3, -0.25) is 14.5 Å². The number of rotatable bonds is 9. The van der Waals surface area contributed by atoms with Gasteiger partial charge in [-0.1, -0.05) is 55.7 Å². The van der Waals surface area contributed by atoms with Gasteiger partial charge < -0.3 is 13.9 Å². The number of carbonyl (C=O) groups excluding carboxylic acids is 1. The van der Waals surface area contributed by atoms with Crippen LogP contribution in [-0.2, 0) is 6.42 Å². The third-order valence-electron chi connectivity index (χ3n) is 6.50. The average molecular weight is 520 g/mol. The first kappa shape index (κ1) is 25.0. The minimum absolute atomic E-state index is 0.0264. The van der Waals surface area contributed by atoms with Crippen LogP contribution in [0, 0.1) is 6.92 Å². The Kier molecular flexibility index (Phi) is 6.97. The van der Waals surface area contributed by atoms with E-state index in [-0.39, 0.29) is 16.8 Å². The Bertz CT molecular complexity index is 1530. The average Bonchev–Trinajstić information content (AvgIpc) is 3.49. The van der Waals surface area contributed by atoms with Gasteiger partial charge in [-0.25, -0.2) is 0 Å². The summed E-state index contributed by atoms with van der Waals surface area (Å²) in [4.78, 5) is 29.1. The lowest BCUT2D eigenvalue weighted by atomic mass is 9.98. The van der Waals surface area contributed by atoms with E-state index in [1.807, 2.05) is 38.1 Å². The Labute approximate surface area is 218 Å². The highest BCUT2D eigenvalue weighted by Gasteiger charge is 2.45. The number of benzene rings is 2. The van der Waals surface area contributed by atoms with Crippen LogP contribution in [0.2, 0.25) is 0 Å². The summed E-state index contributed by atoms with van der Waals surface area (Å²) in [5.74, 6) is 0.752. The lowest BCUT2D eigenvalue weighted by Crippen LogP contribution is -2.29. The maximum absolute atomic E-state index is 13.8. The van der Waals surface area contributed by atoms with Crippen molar-refractivity contribution < 1.29 is 18.7 Å². The molecule has 8 nitrogen and oxygen atoms in total. The van der Waals surface area contributed by atoms with Crippen LogP contribution in [-0.4, -0.2) is 29.8 Å². The van der Waals surface area contributed by atoms with E-state index >= 15 is 0 Å². The van der Waals surface area contributed by atoms with Gasteiger partial charge >= 0.3 is 0 Å². The van der Waals surface area contributed by atoms with Gasteiger partial charge in [0.1, 0.15) is 10.6 Å². The number of hydrogen-bond acceptors (Lipinski definition) is 8. The molecule has 5 rings (SSSR count). The van der Waals surface area contributed by atoms with Crippen molar-refractivity contribution in [3.05, 3.63) is 74.1 Å². The molecule has 1 amide bonds. The zero-order valence-electron chi connectivity index (χ0n) is 21.4. The normalized spacial score (nSPS) is 14.9. The van der Waals surface area contributed by atoms with Crippen molar-refractivity contribution in [1.82, 2.24) is 10.2 Å². The molecular weight excluding hydrogens is 490 g/mol. The van der Waals surface area contributed by atoms with Crippen molar-refractivity contribution in [2.24, 2.45) is 0 Å². The monoisotopic (exact) mass is 519 g/mol. The largest absolute Gasteiger partial charge is 0.493 e. The second-order valence-corrected chi connectivity index (χ2v) is 10.1. The molecule has 0 N–H and O–H groups in total. The number of methoxy groups -OCH3 is 1. The molecule has 37 heavy (non-hydrogen) atoms. The van der Waals surface area contributed by atoms with E-state index < -0.39 is 11.9 Å². The molecule has 0 radical (unpaired) electrons. The second kappa shape index (κ2) is 10.3. The molecule has 0 saturated heterocycles. The molecule has 0 fully saturated rings. The van der Waals surface area contributed by atoms with Crippen LogP contribution in [0.25, 0.3) is 11.0 Å². The number of anilines is 1. The summed E-state index contributed by atoms with van der Waals surface area (Å²) >= 11 is 1.33. The van der Waals surface area contributed by atoms with E-state index in [0.717, 1.165) is 29.8 Å². The van der Waals surface area contributed by atoms with Crippen LogP contribution in [0.5, 0.6) is 11.5 Å². The predicted molar refractivity (Wildman–Crippen MR) is 143 cm³/mol. The molecule has 0 bridgehead atoms. The Balaban J connectivity index is 1.66. The number of carbonyl (C=O) groups is 1. The standard InChI is InChI=1S/C28H29N3O5S/c1-5-7-8-13-35-20-12-10-17(15-21(20)34-4)24-23-25(32)18-14-16(3)9-11-19(18)36-26(23)27(33)31(24)28-30-29-22(6-2)37-28/h9-12,14-15,24H,5-8,13H2,1-4H3. The first-order valence-electron chi connectivity index (χ1n) is 12.5. The van der Waals surface area contributed by atoms with E-state index in [1.165, 1.54) is 16.2 Å². The zero-order valence-corrected chi connectivity index (χ0v) is 22.2. The van der Waals surface area contributed by atoms with Crippen LogP contribution in [0.4, 0.5) is 5.13 Å². The topological polar surface area (TPSA) is 94.8 Å². The zero-order chi connectivity index (χ0) is 26.1. The molecule has 1 atom stereocenters. The number of amides is 1. The molecule has 2 aromatic heterocycles. The minimum Gasteiger partial charge on any atom is -0.493 e.